The lowest BCUT2D eigenvalue weighted by Gasteiger charge is -2.11. The first kappa shape index (κ1) is 13.9. The molecule has 108 valence electrons. The predicted molar refractivity (Wildman–Crippen MR) is 89.7 cm³/mol. The summed E-state index contributed by atoms with van der Waals surface area (Å²) in [5.74, 6) is 0. The maximum absolute atomic E-state index is 4.19. The van der Waals surface area contributed by atoms with Crippen molar-refractivity contribution in [1.82, 2.24) is 10.2 Å². The first-order valence-corrected chi connectivity index (χ1v) is 8.14. The number of rotatable bonds is 6. The monoisotopic (exact) mass is 297 g/mol. The fourth-order valence-electron chi connectivity index (χ4n) is 2.45. The van der Waals surface area contributed by atoms with Crippen LogP contribution in [0.1, 0.15) is 24.5 Å². The normalized spacial score (nSPS) is 10.7. The van der Waals surface area contributed by atoms with Gasteiger partial charge in [-0.2, -0.15) is 5.10 Å². The van der Waals surface area contributed by atoms with Gasteiger partial charge in [0.2, 0.25) is 0 Å². The Labute approximate surface area is 129 Å². The Bertz CT molecular complexity index is 686. The molecule has 0 atom stereocenters. The van der Waals surface area contributed by atoms with E-state index in [9.17, 15) is 0 Å². The van der Waals surface area contributed by atoms with Gasteiger partial charge >= 0.3 is 0 Å². The third kappa shape index (κ3) is 3.16. The molecule has 0 radical (unpaired) electrons. The highest BCUT2D eigenvalue weighted by atomic mass is 32.1. The van der Waals surface area contributed by atoms with Gasteiger partial charge < -0.3 is 5.32 Å². The fraction of sp³-hybridized carbons (Fsp3) is 0.235. The molecule has 0 fully saturated rings. The molecule has 0 saturated heterocycles. The smallest absolute Gasteiger partial charge is 0.0799 e. The second kappa shape index (κ2) is 6.59. The number of nitrogens with zero attached hydrogens (tertiary/aromatic N) is 1. The van der Waals surface area contributed by atoms with Crippen molar-refractivity contribution in [3.63, 3.8) is 0 Å². The molecule has 2 heterocycles. The summed E-state index contributed by atoms with van der Waals surface area (Å²) in [6.45, 7) is 2.99. The zero-order valence-corrected chi connectivity index (χ0v) is 12.9. The number of aryl methyl sites for hydroxylation is 1. The first-order valence-electron chi connectivity index (χ1n) is 7.26. The van der Waals surface area contributed by atoms with E-state index in [0.717, 1.165) is 25.1 Å². The van der Waals surface area contributed by atoms with E-state index in [4.69, 9.17) is 0 Å². The Morgan fingerprint density at radius 1 is 1.14 bits per heavy atom. The third-order valence-electron chi connectivity index (χ3n) is 3.49. The summed E-state index contributed by atoms with van der Waals surface area (Å²) in [5.41, 5.74) is 4.91. The molecule has 4 heteroatoms. The zero-order chi connectivity index (χ0) is 14.5. The van der Waals surface area contributed by atoms with Crippen molar-refractivity contribution in [3.8, 4) is 10.6 Å². The molecule has 3 aromatic rings. The molecule has 0 amide bonds. The van der Waals surface area contributed by atoms with Crippen molar-refractivity contribution >= 4 is 17.0 Å². The van der Waals surface area contributed by atoms with E-state index >= 15 is 0 Å². The van der Waals surface area contributed by atoms with E-state index in [1.54, 1.807) is 11.3 Å². The minimum Gasteiger partial charge on any atom is -0.381 e. The molecule has 1 aromatic carbocycles. The number of aromatic amines is 1. The van der Waals surface area contributed by atoms with Crippen LogP contribution < -0.4 is 5.32 Å². The van der Waals surface area contributed by atoms with E-state index in [-0.39, 0.29) is 0 Å². The van der Waals surface area contributed by atoms with Crippen LogP contribution >= 0.6 is 11.3 Å². The second-order valence-electron chi connectivity index (χ2n) is 5.01. The van der Waals surface area contributed by atoms with Crippen LogP contribution in [0.5, 0.6) is 0 Å². The lowest BCUT2D eigenvalue weighted by molar-refractivity contribution is 0.919. The lowest BCUT2D eigenvalue weighted by Crippen LogP contribution is -2.02. The molecule has 0 aliphatic rings. The Morgan fingerprint density at radius 2 is 2.05 bits per heavy atom. The molecule has 0 saturated carbocycles. The van der Waals surface area contributed by atoms with Gasteiger partial charge in [0.1, 0.15) is 0 Å². The number of aromatic nitrogens is 2. The van der Waals surface area contributed by atoms with Crippen molar-refractivity contribution in [3.05, 3.63) is 59.1 Å². The molecular weight excluding hydrogens is 278 g/mol. The van der Waals surface area contributed by atoms with Crippen LogP contribution in [0.25, 0.3) is 10.6 Å². The van der Waals surface area contributed by atoms with Crippen molar-refractivity contribution in [2.75, 3.05) is 5.32 Å². The number of H-pyrrole nitrogens is 1. The minimum atomic E-state index is 0.782. The van der Waals surface area contributed by atoms with E-state index < -0.39 is 0 Å². The second-order valence-corrected chi connectivity index (χ2v) is 5.96. The van der Waals surface area contributed by atoms with Gasteiger partial charge in [0.15, 0.2) is 0 Å². The van der Waals surface area contributed by atoms with Crippen LogP contribution in [-0.4, -0.2) is 10.2 Å². The fourth-order valence-corrected chi connectivity index (χ4v) is 3.21. The van der Waals surface area contributed by atoms with E-state index in [1.807, 2.05) is 6.20 Å². The minimum absolute atomic E-state index is 0.782. The largest absolute Gasteiger partial charge is 0.381 e. The van der Waals surface area contributed by atoms with Gasteiger partial charge in [-0.25, -0.2) is 0 Å². The van der Waals surface area contributed by atoms with Crippen molar-refractivity contribution in [1.29, 1.82) is 0 Å². The predicted octanol–water partition coefficient (Wildman–Crippen LogP) is 4.70. The Balaban J connectivity index is 1.76. The Morgan fingerprint density at radius 3 is 2.86 bits per heavy atom. The highest BCUT2D eigenvalue weighted by molar-refractivity contribution is 7.13. The third-order valence-corrected chi connectivity index (χ3v) is 4.38. The van der Waals surface area contributed by atoms with Crippen LogP contribution in [-0.2, 0) is 13.0 Å². The number of nitrogens with one attached hydrogen (secondary N) is 2. The first-order chi connectivity index (χ1) is 10.4. The summed E-state index contributed by atoms with van der Waals surface area (Å²) in [6, 6.07) is 12.7. The van der Waals surface area contributed by atoms with Crippen molar-refractivity contribution < 1.29 is 0 Å². The molecular formula is C17H19N3S. The van der Waals surface area contributed by atoms with Crippen molar-refractivity contribution in [2.24, 2.45) is 0 Å². The van der Waals surface area contributed by atoms with E-state index in [2.05, 4.69) is 64.2 Å². The molecule has 0 spiro atoms. The average Bonchev–Trinajstić information content (AvgIpc) is 3.17. The summed E-state index contributed by atoms with van der Waals surface area (Å²) < 4.78 is 0. The van der Waals surface area contributed by atoms with Crippen LogP contribution in [0.4, 0.5) is 5.69 Å². The molecule has 0 bridgehead atoms. The molecule has 2 aromatic heterocycles. The highest BCUT2D eigenvalue weighted by Crippen LogP contribution is 2.26. The number of benzene rings is 1. The summed E-state index contributed by atoms with van der Waals surface area (Å²) in [4.78, 5) is 1.23. The van der Waals surface area contributed by atoms with E-state index in [1.165, 1.54) is 21.7 Å². The average molecular weight is 297 g/mol. The SMILES string of the molecule is CCCc1ccccc1NCc1cn[nH]c1-c1cccs1. The number of thiophene rings is 1. The summed E-state index contributed by atoms with van der Waals surface area (Å²) in [7, 11) is 0. The maximum atomic E-state index is 4.19. The number of anilines is 1. The standard InChI is InChI=1S/C17H19N3S/c1-2-6-13-7-3-4-8-15(13)18-11-14-12-19-20-17(14)16-9-5-10-21-16/h3-5,7-10,12,18H,2,6,11H2,1H3,(H,19,20). The van der Waals surface area contributed by atoms with Gasteiger partial charge in [0.25, 0.3) is 0 Å². The molecule has 0 aliphatic carbocycles. The Hall–Kier alpha value is -2.07. The van der Waals surface area contributed by atoms with Gasteiger partial charge in [0.05, 0.1) is 16.8 Å². The number of hydrogen-bond donors (Lipinski definition) is 2. The van der Waals surface area contributed by atoms with Gasteiger partial charge in [-0.05, 0) is 29.5 Å². The summed E-state index contributed by atoms with van der Waals surface area (Å²) >= 11 is 1.73. The molecule has 3 rings (SSSR count). The van der Waals surface area contributed by atoms with Crippen LogP contribution in [0.3, 0.4) is 0 Å². The van der Waals surface area contributed by atoms with Crippen LogP contribution in [0.15, 0.2) is 48.0 Å². The molecule has 0 aliphatic heterocycles. The van der Waals surface area contributed by atoms with E-state index in [0.29, 0.717) is 0 Å². The highest BCUT2D eigenvalue weighted by Gasteiger charge is 2.09. The molecule has 3 nitrogen and oxygen atoms in total. The van der Waals surface area contributed by atoms with Crippen LogP contribution in [0, 0.1) is 0 Å². The van der Waals surface area contributed by atoms with Gasteiger partial charge in [-0.15, -0.1) is 11.3 Å². The summed E-state index contributed by atoms with van der Waals surface area (Å²) in [5, 5.41) is 12.9. The van der Waals surface area contributed by atoms with Crippen LogP contribution in [0.2, 0.25) is 0 Å². The lowest BCUT2D eigenvalue weighted by atomic mass is 10.1. The zero-order valence-electron chi connectivity index (χ0n) is 12.1. The Kier molecular flexibility index (Phi) is 4.36. The molecule has 21 heavy (non-hydrogen) atoms. The van der Waals surface area contributed by atoms with Gasteiger partial charge in [-0.3, -0.25) is 5.10 Å². The van der Waals surface area contributed by atoms with Gasteiger partial charge in [-0.1, -0.05) is 37.6 Å². The number of para-hydroxylation sites is 1. The number of hydrogen-bond acceptors (Lipinski definition) is 3. The molecule has 2 N–H and O–H groups in total. The topological polar surface area (TPSA) is 40.7 Å². The molecule has 0 unspecified atom stereocenters. The quantitative estimate of drug-likeness (QED) is 0.692. The van der Waals surface area contributed by atoms with Gasteiger partial charge in [0, 0.05) is 17.8 Å². The summed E-state index contributed by atoms with van der Waals surface area (Å²) in [6.07, 6.45) is 4.17. The maximum Gasteiger partial charge on any atom is 0.0799 e. The van der Waals surface area contributed by atoms with Crippen molar-refractivity contribution in [2.45, 2.75) is 26.3 Å².